The molecule has 0 spiro atoms. The van der Waals surface area contributed by atoms with Crippen molar-refractivity contribution in [1.82, 2.24) is 10.3 Å². The number of nitrogens with one attached hydrogen (secondary N) is 1. The van der Waals surface area contributed by atoms with E-state index in [1.165, 1.54) is 0 Å². The van der Waals surface area contributed by atoms with Gasteiger partial charge >= 0.3 is 6.43 Å². The van der Waals surface area contributed by atoms with E-state index in [1.54, 1.807) is 25.1 Å². The van der Waals surface area contributed by atoms with E-state index in [4.69, 9.17) is 0 Å². The summed E-state index contributed by atoms with van der Waals surface area (Å²) >= 11 is 0. The van der Waals surface area contributed by atoms with Crippen LogP contribution < -0.4 is 5.32 Å². The largest absolute Gasteiger partial charge is 0.345 e. The van der Waals surface area contributed by atoms with Crippen molar-refractivity contribution in [3.63, 3.8) is 0 Å². The van der Waals surface area contributed by atoms with Gasteiger partial charge in [-0.3, -0.25) is 9.78 Å². The van der Waals surface area contributed by atoms with Crippen LogP contribution in [-0.4, -0.2) is 17.3 Å². The first-order valence-electron chi connectivity index (χ1n) is 4.08. The third-order valence-corrected chi connectivity index (χ3v) is 1.59. The topological polar surface area (TPSA) is 42.0 Å². The minimum atomic E-state index is -2.97. The van der Waals surface area contributed by atoms with Gasteiger partial charge in [0.25, 0.3) is 5.91 Å². The van der Waals surface area contributed by atoms with Gasteiger partial charge in [0.15, 0.2) is 0 Å². The molecule has 1 aromatic rings. The van der Waals surface area contributed by atoms with Crippen molar-refractivity contribution in [1.29, 1.82) is 0 Å². The highest BCUT2D eigenvalue weighted by Crippen LogP contribution is 1.98. The SMILES string of the molecule is Cc1cccc(CNC(=O)C(F)F)n1. The molecule has 0 radical (unpaired) electrons. The van der Waals surface area contributed by atoms with E-state index in [-0.39, 0.29) is 6.54 Å². The zero-order valence-electron chi connectivity index (χ0n) is 7.63. The van der Waals surface area contributed by atoms with Crippen LogP contribution in [0.5, 0.6) is 0 Å². The van der Waals surface area contributed by atoms with Gasteiger partial charge in [-0.15, -0.1) is 0 Å². The van der Waals surface area contributed by atoms with Crippen LogP contribution in [0.3, 0.4) is 0 Å². The number of aromatic nitrogens is 1. The lowest BCUT2D eigenvalue weighted by Crippen LogP contribution is -2.29. The van der Waals surface area contributed by atoms with E-state index in [1.807, 2.05) is 0 Å². The van der Waals surface area contributed by atoms with Crippen molar-refractivity contribution in [2.45, 2.75) is 19.9 Å². The number of amides is 1. The second-order valence-corrected chi connectivity index (χ2v) is 2.79. The molecule has 1 aromatic heterocycles. The molecule has 76 valence electrons. The van der Waals surface area contributed by atoms with Gasteiger partial charge in [-0.1, -0.05) is 6.07 Å². The fourth-order valence-corrected chi connectivity index (χ4v) is 0.953. The Morgan fingerprint density at radius 3 is 2.86 bits per heavy atom. The Hall–Kier alpha value is -1.52. The molecule has 0 bridgehead atoms. The molecular formula is C9H10F2N2O. The Balaban J connectivity index is 2.50. The number of pyridine rings is 1. The lowest BCUT2D eigenvalue weighted by atomic mass is 10.3. The van der Waals surface area contributed by atoms with Gasteiger partial charge in [-0.2, -0.15) is 8.78 Å². The fourth-order valence-electron chi connectivity index (χ4n) is 0.953. The predicted molar refractivity (Wildman–Crippen MR) is 46.8 cm³/mol. The number of hydrogen-bond acceptors (Lipinski definition) is 2. The molecule has 1 heterocycles. The van der Waals surface area contributed by atoms with E-state index < -0.39 is 12.3 Å². The maximum absolute atomic E-state index is 11.8. The van der Waals surface area contributed by atoms with Gasteiger partial charge in [-0.25, -0.2) is 0 Å². The van der Waals surface area contributed by atoms with Gasteiger partial charge in [0, 0.05) is 5.69 Å². The third kappa shape index (κ3) is 3.08. The molecular weight excluding hydrogens is 190 g/mol. The Kier molecular flexibility index (Phi) is 3.50. The molecule has 0 aromatic carbocycles. The van der Waals surface area contributed by atoms with Crippen molar-refractivity contribution in [2.24, 2.45) is 0 Å². The fraction of sp³-hybridized carbons (Fsp3) is 0.333. The second kappa shape index (κ2) is 4.64. The molecule has 1 amide bonds. The van der Waals surface area contributed by atoms with Crippen LogP contribution >= 0.6 is 0 Å². The highest BCUT2D eigenvalue weighted by atomic mass is 19.3. The van der Waals surface area contributed by atoms with Crippen molar-refractivity contribution < 1.29 is 13.6 Å². The number of nitrogens with zero attached hydrogens (tertiary/aromatic N) is 1. The zero-order valence-corrected chi connectivity index (χ0v) is 7.63. The van der Waals surface area contributed by atoms with E-state index >= 15 is 0 Å². The molecule has 14 heavy (non-hydrogen) atoms. The normalized spacial score (nSPS) is 10.3. The minimum absolute atomic E-state index is 0.0326. The molecule has 0 aliphatic heterocycles. The van der Waals surface area contributed by atoms with Crippen molar-refractivity contribution in [3.8, 4) is 0 Å². The molecule has 0 atom stereocenters. The Morgan fingerprint density at radius 2 is 2.29 bits per heavy atom. The summed E-state index contributed by atoms with van der Waals surface area (Å²) < 4.78 is 23.6. The van der Waals surface area contributed by atoms with Gasteiger partial charge in [0.1, 0.15) is 0 Å². The molecule has 1 N–H and O–H groups in total. The summed E-state index contributed by atoms with van der Waals surface area (Å²) in [5.41, 5.74) is 1.35. The standard InChI is InChI=1S/C9H10F2N2O/c1-6-3-2-4-7(13-6)5-12-9(14)8(10)11/h2-4,8H,5H2,1H3,(H,12,14). The first-order valence-corrected chi connectivity index (χ1v) is 4.08. The zero-order chi connectivity index (χ0) is 10.6. The van der Waals surface area contributed by atoms with Gasteiger partial charge in [0.2, 0.25) is 0 Å². The number of carbonyl (C=O) groups excluding carboxylic acids is 1. The highest BCUT2D eigenvalue weighted by Gasteiger charge is 2.13. The molecule has 1 rings (SSSR count). The van der Waals surface area contributed by atoms with Crippen LogP contribution in [0.25, 0.3) is 0 Å². The monoisotopic (exact) mass is 200 g/mol. The molecule has 5 heteroatoms. The van der Waals surface area contributed by atoms with Crippen LogP contribution in [0, 0.1) is 6.92 Å². The molecule has 0 fully saturated rings. The summed E-state index contributed by atoms with van der Waals surface area (Å²) in [7, 11) is 0. The molecule has 3 nitrogen and oxygen atoms in total. The van der Waals surface area contributed by atoms with E-state index in [0.29, 0.717) is 5.69 Å². The lowest BCUT2D eigenvalue weighted by Gasteiger charge is -2.03. The summed E-state index contributed by atoms with van der Waals surface area (Å²) in [6, 6.07) is 5.21. The minimum Gasteiger partial charge on any atom is -0.345 e. The number of alkyl halides is 2. The average Bonchev–Trinajstić information content (AvgIpc) is 2.14. The summed E-state index contributed by atoms with van der Waals surface area (Å²) in [6.07, 6.45) is -2.97. The van der Waals surface area contributed by atoms with Crippen LogP contribution in [0.15, 0.2) is 18.2 Å². The number of rotatable bonds is 3. The number of halogens is 2. The summed E-state index contributed by atoms with van der Waals surface area (Å²) in [4.78, 5) is 14.6. The quantitative estimate of drug-likeness (QED) is 0.798. The number of hydrogen-bond donors (Lipinski definition) is 1. The first kappa shape index (κ1) is 10.6. The molecule has 0 aliphatic carbocycles. The first-order chi connectivity index (χ1) is 6.59. The molecule has 0 saturated carbocycles. The Bertz CT molecular complexity index is 328. The summed E-state index contributed by atoms with van der Waals surface area (Å²) in [5.74, 6) is -1.27. The number of carbonyl (C=O) groups is 1. The smallest absolute Gasteiger partial charge is 0.315 e. The van der Waals surface area contributed by atoms with E-state index in [9.17, 15) is 13.6 Å². The second-order valence-electron chi connectivity index (χ2n) is 2.79. The third-order valence-electron chi connectivity index (χ3n) is 1.59. The maximum Gasteiger partial charge on any atom is 0.315 e. The van der Waals surface area contributed by atoms with Crippen molar-refractivity contribution in [2.75, 3.05) is 0 Å². The summed E-state index contributed by atoms with van der Waals surface area (Å²) in [5, 5.41) is 2.07. The van der Waals surface area contributed by atoms with E-state index in [0.717, 1.165) is 5.69 Å². The highest BCUT2D eigenvalue weighted by molar-refractivity contribution is 5.78. The van der Waals surface area contributed by atoms with Crippen LogP contribution in [-0.2, 0) is 11.3 Å². The molecule has 0 saturated heterocycles. The molecule has 0 unspecified atom stereocenters. The molecule has 0 aliphatic rings. The number of aryl methyl sites for hydroxylation is 1. The van der Waals surface area contributed by atoms with Crippen molar-refractivity contribution in [3.05, 3.63) is 29.6 Å². The van der Waals surface area contributed by atoms with Crippen molar-refractivity contribution >= 4 is 5.91 Å². The van der Waals surface area contributed by atoms with Gasteiger partial charge in [0.05, 0.1) is 12.2 Å². The predicted octanol–water partition coefficient (Wildman–Crippen LogP) is 1.27. The lowest BCUT2D eigenvalue weighted by molar-refractivity contribution is -0.131. The van der Waals surface area contributed by atoms with Gasteiger partial charge < -0.3 is 5.32 Å². The Labute approximate surface area is 80.2 Å². The average molecular weight is 200 g/mol. The Morgan fingerprint density at radius 1 is 1.57 bits per heavy atom. The van der Waals surface area contributed by atoms with Crippen LogP contribution in [0.2, 0.25) is 0 Å². The van der Waals surface area contributed by atoms with Gasteiger partial charge in [-0.05, 0) is 19.1 Å². The summed E-state index contributed by atoms with van der Waals surface area (Å²) in [6.45, 7) is 1.82. The van der Waals surface area contributed by atoms with Crippen LogP contribution in [0.1, 0.15) is 11.4 Å². The van der Waals surface area contributed by atoms with E-state index in [2.05, 4.69) is 10.3 Å². The maximum atomic E-state index is 11.8. The van der Waals surface area contributed by atoms with Crippen LogP contribution in [0.4, 0.5) is 8.78 Å².